The summed E-state index contributed by atoms with van der Waals surface area (Å²) in [4.78, 5) is 0. The first-order valence-corrected chi connectivity index (χ1v) is 5.34. The molecule has 0 aliphatic carbocycles. The van der Waals surface area contributed by atoms with Crippen LogP contribution in [0.3, 0.4) is 0 Å². The average molecular weight is 356 g/mol. The highest BCUT2D eigenvalue weighted by molar-refractivity contribution is 9.12. The van der Waals surface area contributed by atoms with E-state index in [2.05, 4.69) is 31.9 Å². The van der Waals surface area contributed by atoms with Gasteiger partial charge in [-0.05, 0) is 31.9 Å². The Morgan fingerprint density at radius 3 is 1.67 bits per heavy atom. The van der Waals surface area contributed by atoms with E-state index in [1.807, 2.05) is 0 Å². The molecule has 0 saturated carbocycles. The van der Waals surface area contributed by atoms with Crippen molar-refractivity contribution < 1.29 is 35.7 Å². The van der Waals surface area contributed by atoms with Crippen LogP contribution in [0.25, 0.3) is 0 Å². The van der Waals surface area contributed by atoms with E-state index in [1.54, 1.807) is 0 Å². The predicted molar refractivity (Wildman–Crippen MR) is 55.1 cm³/mol. The van der Waals surface area contributed by atoms with Gasteiger partial charge in [0.1, 0.15) is 18.3 Å². The second-order valence-corrected chi connectivity index (χ2v) is 5.26. The molecule has 0 saturated heterocycles. The van der Waals surface area contributed by atoms with Gasteiger partial charge in [-0.2, -0.15) is 0 Å². The Morgan fingerprint density at radius 2 is 1.40 bits per heavy atom. The van der Waals surface area contributed by atoms with Crippen LogP contribution in [-0.2, 0) is 0 Å². The molecule has 9 heteroatoms. The minimum atomic E-state index is -2.93. The van der Waals surface area contributed by atoms with E-state index in [9.17, 15) is 15.3 Å². The lowest BCUT2D eigenvalue weighted by atomic mass is 10.0. The highest BCUT2D eigenvalue weighted by atomic mass is 79.9. The normalized spacial score (nSPS) is 23.0. The summed E-state index contributed by atoms with van der Waals surface area (Å²) in [5.41, 5.74) is 0. The molecule has 4 atom stereocenters. The summed E-state index contributed by atoms with van der Waals surface area (Å²) in [5.74, 6) is 0. The van der Waals surface area contributed by atoms with Crippen molar-refractivity contribution in [2.45, 2.75) is 27.5 Å². The molecule has 92 valence electrons. The lowest BCUT2D eigenvalue weighted by molar-refractivity contribution is -0.220. The lowest BCUT2D eigenvalue weighted by Gasteiger charge is -2.37. The minimum Gasteiger partial charge on any atom is -0.394 e. The van der Waals surface area contributed by atoms with E-state index in [4.69, 9.17) is 20.4 Å². The molecule has 0 unspecified atom stereocenters. The summed E-state index contributed by atoms with van der Waals surface area (Å²) in [7, 11) is 0. The molecule has 0 aliphatic heterocycles. The van der Waals surface area contributed by atoms with Crippen LogP contribution < -0.4 is 0 Å². The molecule has 0 aromatic heterocycles. The maximum atomic E-state index is 9.40. The zero-order valence-corrected chi connectivity index (χ0v) is 10.5. The first kappa shape index (κ1) is 15.7. The number of aliphatic hydroxyl groups is 7. The van der Waals surface area contributed by atoms with Crippen molar-refractivity contribution in [2.24, 2.45) is 0 Å². The van der Waals surface area contributed by atoms with Crippen molar-refractivity contribution in [2.75, 3.05) is 6.61 Å². The van der Waals surface area contributed by atoms with Crippen molar-refractivity contribution in [3.8, 4) is 0 Å². The zero-order valence-electron chi connectivity index (χ0n) is 7.33. The molecule has 0 rings (SSSR count). The number of hydrogen-bond acceptors (Lipinski definition) is 7. The maximum absolute atomic E-state index is 9.40. The van der Waals surface area contributed by atoms with Crippen LogP contribution in [0.15, 0.2) is 0 Å². The topological polar surface area (TPSA) is 142 Å². The van der Waals surface area contributed by atoms with Gasteiger partial charge in [0.2, 0.25) is 4.51 Å². The van der Waals surface area contributed by atoms with Gasteiger partial charge in [-0.3, -0.25) is 0 Å². The standard InChI is InChI=1S/C6H12Br2O7/c7-5(13,6(8,14)15)4(12)3(11)2(10)1-9/h2-4,9-15H,1H2/t2-,3-,4-,5+/m1/s1. The van der Waals surface area contributed by atoms with E-state index in [-0.39, 0.29) is 0 Å². The summed E-state index contributed by atoms with van der Waals surface area (Å²) in [5, 5.41) is 63.3. The van der Waals surface area contributed by atoms with Crippen LogP contribution in [0.1, 0.15) is 0 Å². The van der Waals surface area contributed by atoms with Crippen molar-refractivity contribution >= 4 is 31.9 Å². The molecule has 0 radical (unpaired) electrons. The molecule has 0 heterocycles. The SMILES string of the molecule is OC[C@@H](O)[C@@H](O)[C@@H](O)[C@@](O)(Br)C(O)(O)Br. The van der Waals surface area contributed by atoms with E-state index in [0.29, 0.717) is 0 Å². The zero-order chi connectivity index (χ0) is 12.4. The highest BCUT2D eigenvalue weighted by Gasteiger charge is 2.53. The minimum absolute atomic E-state index is 0.868. The van der Waals surface area contributed by atoms with E-state index in [0.717, 1.165) is 0 Å². The fourth-order valence-corrected chi connectivity index (χ4v) is 1.24. The third-order valence-corrected chi connectivity index (χ3v) is 3.90. The van der Waals surface area contributed by atoms with Crippen molar-refractivity contribution in [1.29, 1.82) is 0 Å². The monoisotopic (exact) mass is 354 g/mol. The van der Waals surface area contributed by atoms with Gasteiger partial charge >= 0.3 is 0 Å². The van der Waals surface area contributed by atoms with E-state index in [1.165, 1.54) is 0 Å². The Labute approximate surface area is 102 Å². The number of aliphatic hydroxyl groups excluding tert-OH is 4. The fourth-order valence-electron chi connectivity index (χ4n) is 0.733. The molecular formula is C6H12Br2O7. The van der Waals surface area contributed by atoms with Gasteiger partial charge in [-0.15, -0.1) is 0 Å². The summed E-state index contributed by atoms with van der Waals surface area (Å²) in [6, 6.07) is 0. The molecule has 15 heavy (non-hydrogen) atoms. The van der Waals surface area contributed by atoms with Gasteiger partial charge in [-0.1, -0.05) is 0 Å². The lowest BCUT2D eigenvalue weighted by Crippen LogP contribution is -2.59. The maximum Gasteiger partial charge on any atom is 0.264 e. The number of halogens is 2. The summed E-state index contributed by atoms with van der Waals surface area (Å²) < 4.78 is -5.66. The van der Waals surface area contributed by atoms with Crippen LogP contribution in [0.2, 0.25) is 0 Å². The number of alkyl halides is 2. The Balaban J connectivity index is 4.77. The van der Waals surface area contributed by atoms with Gasteiger partial charge in [0.05, 0.1) is 6.61 Å². The Morgan fingerprint density at radius 1 is 1.00 bits per heavy atom. The Hall–Kier alpha value is 0.680. The van der Waals surface area contributed by atoms with Gasteiger partial charge in [0, 0.05) is 0 Å². The molecule has 0 spiro atoms. The van der Waals surface area contributed by atoms with Gasteiger partial charge in [0.15, 0.2) is 0 Å². The van der Waals surface area contributed by atoms with Crippen LogP contribution >= 0.6 is 31.9 Å². The van der Waals surface area contributed by atoms with Crippen LogP contribution in [0.4, 0.5) is 0 Å². The second kappa shape index (κ2) is 5.34. The van der Waals surface area contributed by atoms with Gasteiger partial charge in [-0.25, -0.2) is 0 Å². The van der Waals surface area contributed by atoms with Crippen molar-refractivity contribution in [3.05, 3.63) is 0 Å². The quantitative estimate of drug-likeness (QED) is 0.208. The van der Waals surface area contributed by atoms with Crippen LogP contribution in [0, 0.1) is 0 Å². The van der Waals surface area contributed by atoms with Crippen LogP contribution in [-0.4, -0.2) is 69.9 Å². The number of rotatable bonds is 5. The molecule has 0 bridgehead atoms. The third-order valence-electron chi connectivity index (χ3n) is 1.74. The van der Waals surface area contributed by atoms with Crippen LogP contribution in [0.5, 0.6) is 0 Å². The molecule has 0 aliphatic rings. The second-order valence-electron chi connectivity index (χ2n) is 2.95. The molecule has 0 amide bonds. The molecular weight excluding hydrogens is 344 g/mol. The smallest absolute Gasteiger partial charge is 0.264 e. The summed E-state index contributed by atoms with van der Waals surface area (Å²) in [6.45, 7) is -0.868. The molecule has 0 fully saturated rings. The first-order chi connectivity index (χ1) is 6.55. The van der Waals surface area contributed by atoms with Gasteiger partial charge in [0.25, 0.3) is 4.70 Å². The molecule has 0 aromatic carbocycles. The first-order valence-electron chi connectivity index (χ1n) is 3.75. The third kappa shape index (κ3) is 3.58. The van der Waals surface area contributed by atoms with Crippen molar-refractivity contribution in [1.82, 2.24) is 0 Å². The van der Waals surface area contributed by atoms with Gasteiger partial charge < -0.3 is 35.7 Å². The molecule has 7 nitrogen and oxygen atoms in total. The Bertz CT molecular complexity index is 204. The fraction of sp³-hybridized carbons (Fsp3) is 1.00. The highest BCUT2D eigenvalue weighted by Crippen LogP contribution is 2.36. The molecule has 7 N–H and O–H groups in total. The van der Waals surface area contributed by atoms with E-state index >= 15 is 0 Å². The molecule has 0 aromatic rings. The predicted octanol–water partition coefficient (Wildman–Crippen LogP) is -2.82. The van der Waals surface area contributed by atoms with Crippen molar-refractivity contribution in [3.63, 3.8) is 0 Å². The largest absolute Gasteiger partial charge is 0.394 e. The Kier molecular flexibility index (Phi) is 5.58. The van der Waals surface area contributed by atoms with E-state index < -0.39 is 34.1 Å². The summed E-state index contributed by atoms with van der Waals surface area (Å²) in [6.07, 6.45) is -5.87. The average Bonchev–Trinajstić information content (AvgIpc) is 2.12. The number of hydrogen-bond donors (Lipinski definition) is 7. The summed E-state index contributed by atoms with van der Waals surface area (Å²) >= 11 is 4.61.